The normalized spacial score (nSPS) is 11.2. The molecule has 0 bridgehead atoms. The van der Waals surface area contributed by atoms with Crippen LogP contribution in [0.4, 0.5) is 3.89 Å². The van der Waals surface area contributed by atoms with Gasteiger partial charge in [0, 0.05) is 24.5 Å². The van der Waals surface area contributed by atoms with Gasteiger partial charge in [0.1, 0.15) is 7.05 Å². The molecule has 0 unspecified atom stereocenters. The Morgan fingerprint density at radius 2 is 1.33 bits per heavy atom. The second-order valence-electron chi connectivity index (χ2n) is 5.76. The van der Waals surface area contributed by atoms with Crippen molar-refractivity contribution in [3.63, 3.8) is 0 Å². The Bertz CT molecular complexity index is 1170. The van der Waals surface area contributed by atoms with E-state index in [0.717, 1.165) is 27.4 Å². The van der Waals surface area contributed by atoms with Crippen LogP contribution in [0.3, 0.4) is 0 Å². The van der Waals surface area contributed by atoms with Crippen LogP contribution >= 0.6 is 0 Å². The van der Waals surface area contributed by atoms with Crippen LogP contribution < -0.4 is 4.57 Å². The van der Waals surface area contributed by atoms with Crippen molar-refractivity contribution in [2.24, 2.45) is 7.05 Å². The number of nitrogens with zero attached hydrogens (tertiary/aromatic N) is 2. The lowest BCUT2D eigenvalue weighted by molar-refractivity contribution is -0.617. The number of rotatable bonds is 1. The molecule has 0 aliphatic rings. The van der Waals surface area contributed by atoms with Crippen molar-refractivity contribution in [2.45, 2.75) is 0 Å². The van der Waals surface area contributed by atoms with Crippen molar-refractivity contribution in [2.75, 3.05) is 0 Å². The monoisotopic (exact) mass is 386 g/mol. The number of para-hydroxylation sites is 2. The summed E-state index contributed by atoms with van der Waals surface area (Å²) in [6.07, 6.45) is 3.58. The fraction of sp³-hybridized carbons (Fsp3) is 0.0526. The van der Waals surface area contributed by atoms with E-state index in [1.54, 1.807) is 17.0 Å². The van der Waals surface area contributed by atoms with E-state index in [0.29, 0.717) is 0 Å². The largest absolute Gasteiger partial charge is 0.722 e. The molecule has 0 amide bonds. The van der Waals surface area contributed by atoms with E-state index in [4.69, 9.17) is 13.0 Å². The van der Waals surface area contributed by atoms with Gasteiger partial charge in [-0.2, -0.15) is 4.57 Å². The van der Waals surface area contributed by atoms with Gasteiger partial charge >= 0.3 is 0 Å². The summed E-state index contributed by atoms with van der Waals surface area (Å²) in [6.45, 7) is 0. The number of hydrogen-bond acceptors (Lipinski definition) is 4. The van der Waals surface area contributed by atoms with Crippen molar-refractivity contribution in [1.82, 2.24) is 4.57 Å². The van der Waals surface area contributed by atoms with Crippen molar-refractivity contribution in [3.8, 4) is 0 Å². The molecule has 0 N–H and O–H groups in total. The Hall–Kier alpha value is -3.10. The van der Waals surface area contributed by atoms with Gasteiger partial charge in [-0.3, -0.25) is 9.36 Å². The summed E-state index contributed by atoms with van der Waals surface area (Å²) in [5, 5.41) is 1.95. The summed E-state index contributed by atoms with van der Waals surface area (Å²) in [7, 11) is -3.38. The van der Waals surface area contributed by atoms with Crippen LogP contribution in [0.2, 0.25) is 0 Å². The molecule has 6 nitrogen and oxygen atoms in total. The highest BCUT2D eigenvalue weighted by atomic mass is 32.3. The molecule has 8 heteroatoms. The molecule has 0 radical (unpaired) electrons. The van der Waals surface area contributed by atoms with E-state index in [-0.39, 0.29) is 5.91 Å². The van der Waals surface area contributed by atoms with Crippen LogP contribution in [-0.4, -0.2) is 23.4 Å². The number of pyridine rings is 1. The first-order valence-electron chi connectivity index (χ1n) is 7.90. The lowest BCUT2D eigenvalue weighted by atomic mass is 10.0. The average Bonchev–Trinajstić information content (AvgIpc) is 3.15. The molecule has 0 atom stereocenters. The molecule has 0 aliphatic heterocycles. The molecule has 2 aromatic carbocycles. The van der Waals surface area contributed by atoms with E-state index in [1.807, 2.05) is 67.7 Å². The number of hydrogen-bond donors (Lipinski definition) is 0. The van der Waals surface area contributed by atoms with E-state index < -0.39 is 10.5 Å². The average molecular weight is 386 g/mol. The van der Waals surface area contributed by atoms with Gasteiger partial charge in [-0.15, -0.1) is 3.89 Å². The number of fused-ring (bicyclic) bond motifs is 2. The van der Waals surface area contributed by atoms with Gasteiger partial charge in [0.05, 0.1) is 16.3 Å². The van der Waals surface area contributed by atoms with Crippen molar-refractivity contribution in [3.05, 3.63) is 78.6 Å². The first-order valence-corrected chi connectivity index (χ1v) is 9.21. The van der Waals surface area contributed by atoms with Crippen LogP contribution in [0.5, 0.6) is 0 Å². The molecule has 0 spiro atoms. The number of halogens is 1. The summed E-state index contributed by atoms with van der Waals surface area (Å²) in [5.74, 6) is -0.00185. The van der Waals surface area contributed by atoms with Crippen LogP contribution in [0, 0.1) is 0 Å². The van der Waals surface area contributed by atoms with Crippen LogP contribution in [0.25, 0.3) is 21.8 Å². The third-order valence-electron chi connectivity index (χ3n) is 4.12. The fourth-order valence-electron chi connectivity index (χ4n) is 3.06. The Morgan fingerprint density at radius 1 is 0.926 bits per heavy atom. The maximum Gasteiger partial charge on any atom is 0.263 e. The van der Waals surface area contributed by atoms with Crippen molar-refractivity contribution < 1.29 is 26.2 Å². The van der Waals surface area contributed by atoms with Gasteiger partial charge in [-0.25, -0.2) is 8.42 Å². The SMILES string of the molecule is C[n+]1c2ccccc2c(C(=O)n2cccc2)c2ccccc21.O=S(=O)([O-])F. The minimum Gasteiger partial charge on any atom is -0.722 e. The highest BCUT2D eigenvalue weighted by Gasteiger charge is 2.22. The summed E-state index contributed by atoms with van der Waals surface area (Å²) in [5.41, 5.74) is 2.86. The molecule has 2 aromatic heterocycles. The predicted octanol–water partition coefficient (Wildman–Crippen LogP) is 2.72. The summed E-state index contributed by atoms with van der Waals surface area (Å²) in [4.78, 5) is 13.0. The number of benzene rings is 2. The van der Waals surface area contributed by atoms with E-state index in [1.165, 1.54) is 0 Å². The first kappa shape index (κ1) is 18.7. The predicted molar refractivity (Wildman–Crippen MR) is 97.6 cm³/mol. The summed E-state index contributed by atoms with van der Waals surface area (Å²) in [6, 6.07) is 19.8. The second kappa shape index (κ2) is 7.26. The maximum absolute atomic E-state index is 13.0. The first-order chi connectivity index (χ1) is 12.8. The summed E-state index contributed by atoms with van der Waals surface area (Å²) >= 11 is 0. The standard InChI is InChI=1S/C19H15N2O.FHO3S/c1-20-16-10-4-2-8-14(16)18(15-9-3-5-11-17(15)20)19(22)21-12-6-7-13-21;1-5(2,3)4/h2-13H,1H3;(H,2,3,4)/q+1;/p-1. The molecule has 4 rings (SSSR count). The minimum absolute atomic E-state index is 0.00185. The zero-order valence-electron chi connectivity index (χ0n) is 14.2. The van der Waals surface area contributed by atoms with Crippen molar-refractivity contribution >= 4 is 38.2 Å². The zero-order valence-corrected chi connectivity index (χ0v) is 15.1. The second-order valence-corrected chi connectivity index (χ2v) is 6.54. The fourth-order valence-corrected chi connectivity index (χ4v) is 3.06. The third-order valence-corrected chi connectivity index (χ3v) is 4.12. The lowest BCUT2D eigenvalue weighted by Gasteiger charge is -2.09. The van der Waals surface area contributed by atoms with Gasteiger partial charge in [0.2, 0.25) is 11.0 Å². The molecule has 0 saturated heterocycles. The van der Waals surface area contributed by atoms with Gasteiger partial charge in [0.25, 0.3) is 16.4 Å². The number of carbonyl (C=O) groups is 1. The van der Waals surface area contributed by atoms with Crippen LogP contribution in [-0.2, 0) is 17.6 Å². The van der Waals surface area contributed by atoms with Gasteiger partial charge in [-0.1, -0.05) is 24.3 Å². The number of aromatic nitrogens is 2. The Morgan fingerprint density at radius 3 is 1.78 bits per heavy atom. The zero-order chi connectivity index (χ0) is 19.6. The lowest BCUT2D eigenvalue weighted by Crippen LogP contribution is -2.31. The third kappa shape index (κ3) is 4.02. The molecule has 4 aromatic rings. The van der Waals surface area contributed by atoms with Crippen molar-refractivity contribution in [1.29, 1.82) is 0 Å². The smallest absolute Gasteiger partial charge is 0.263 e. The highest BCUT2D eigenvalue weighted by Crippen LogP contribution is 2.25. The molecule has 0 fully saturated rings. The molecular formula is C19H15FN2O4S. The number of carbonyl (C=O) groups excluding carboxylic acids is 1. The summed E-state index contributed by atoms with van der Waals surface area (Å²) < 4.78 is 39.1. The topological polar surface area (TPSA) is 83.1 Å². The highest BCUT2D eigenvalue weighted by molar-refractivity contribution is 7.80. The molecule has 138 valence electrons. The Balaban J connectivity index is 0.000000376. The van der Waals surface area contributed by atoms with Gasteiger partial charge in [-0.05, 0) is 24.3 Å². The molecular weight excluding hydrogens is 371 g/mol. The van der Waals surface area contributed by atoms with Crippen LogP contribution in [0.1, 0.15) is 10.4 Å². The quantitative estimate of drug-likeness (QED) is 0.218. The maximum atomic E-state index is 13.0. The van der Waals surface area contributed by atoms with E-state index in [9.17, 15) is 8.68 Å². The number of aryl methyl sites for hydroxylation is 1. The van der Waals surface area contributed by atoms with E-state index >= 15 is 0 Å². The van der Waals surface area contributed by atoms with E-state index in [2.05, 4.69) is 4.57 Å². The van der Waals surface area contributed by atoms with Crippen LogP contribution in [0.15, 0.2) is 73.1 Å². The molecule has 27 heavy (non-hydrogen) atoms. The minimum atomic E-state index is -5.42. The van der Waals surface area contributed by atoms with Gasteiger partial charge in [0.15, 0.2) is 0 Å². The van der Waals surface area contributed by atoms with Gasteiger partial charge < -0.3 is 4.55 Å². The molecule has 0 aliphatic carbocycles. The Kier molecular flexibility index (Phi) is 5.02. The molecule has 2 heterocycles. The Labute approximate surface area is 155 Å². The molecule has 0 saturated carbocycles.